The van der Waals surface area contributed by atoms with Gasteiger partial charge in [-0.25, -0.2) is 4.39 Å². The Hall–Kier alpha value is -0.580. The fourth-order valence-corrected chi connectivity index (χ4v) is 3.22. The van der Waals surface area contributed by atoms with Crippen LogP contribution in [0.1, 0.15) is 18.4 Å². The average molecular weight is 268 g/mol. The van der Waals surface area contributed by atoms with Crippen molar-refractivity contribution in [1.29, 1.82) is 0 Å². The maximum atomic E-state index is 12.8. The lowest BCUT2D eigenvalue weighted by Crippen LogP contribution is -2.46. The van der Waals surface area contributed by atoms with Crippen LogP contribution in [0.4, 0.5) is 4.39 Å². The lowest BCUT2D eigenvalue weighted by Gasteiger charge is -2.40. The first kappa shape index (κ1) is 13.8. The van der Waals surface area contributed by atoms with Crippen LogP contribution in [0.25, 0.3) is 0 Å². The zero-order valence-corrected chi connectivity index (χ0v) is 11.7. The monoisotopic (exact) mass is 268 g/mol. The van der Waals surface area contributed by atoms with Crippen LogP contribution in [0.2, 0.25) is 0 Å². The summed E-state index contributed by atoms with van der Waals surface area (Å²) in [4.78, 5) is 2.43. The van der Waals surface area contributed by atoms with Crippen LogP contribution in [0, 0.1) is 5.82 Å². The van der Waals surface area contributed by atoms with Crippen LogP contribution < -0.4 is 5.73 Å². The van der Waals surface area contributed by atoms with Crippen LogP contribution in [0.3, 0.4) is 0 Å². The van der Waals surface area contributed by atoms with Gasteiger partial charge in [-0.15, -0.1) is 0 Å². The molecule has 0 amide bonds. The van der Waals surface area contributed by atoms with E-state index in [9.17, 15) is 4.39 Å². The largest absolute Gasteiger partial charge is 0.329 e. The third kappa shape index (κ3) is 3.25. The lowest BCUT2D eigenvalue weighted by molar-refractivity contribution is 0.195. The molecule has 2 rings (SSSR count). The summed E-state index contributed by atoms with van der Waals surface area (Å²) in [6.45, 7) is 3.83. The first-order chi connectivity index (χ1) is 8.67. The molecule has 1 saturated heterocycles. The summed E-state index contributed by atoms with van der Waals surface area (Å²) in [5.41, 5.74) is 7.06. The summed E-state index contributed by atoms with van der Waals surface area (Å²) in [5, 5.41) is 0. The lowest BCUT2D eigenvalue weighted by atomic mass is 9.95. The molecule has 1 aromatic carbocycles. The van der Waals surface area contributed by atoms with Crippen LogP contribution in [-0.2, 0) is 6.54 Å². The maximum absolute atomic E-state index is 12.8. The Morgan fingerprint density at radius 3 is 2.39 bits per heavy atom. The Balaban J connectivity index is 1.88. The van der Waals surface area contributed by atoms with Crippen molar-refractivity contribution < 1.29 is 4.39 Å². The van der Waals surface area contributed by atoms with E-state index in [1.54, 1.807) is 0 Å². The zero-order valence-electron chi connectivity index (χ0n) is 10.9. The van der Waals surface area contributed by atoms with Gasteiger partial charge in [0.05, 0.1) is 0 Å². The molecule has 0 bridgehead atoms. The van der Waals surface area contributed by atoms with Crippen LogP contribution in [0.15, 0.2) is 24.3 Å². The predicted octanol–water partition coefficient (Wildman–Crippen LogP) is 2.48. The molecule has 1 heterocycles. The third-order valence-corrected chi connectivity index (χ3v) is 5.33. The van der Waals surface area contributed by atoms with Gasteiger partial charge in [0.15, 0.2) is 0 Å². The van der Waals surface area contributed by atoms with E-state index in [-0.39, 0.29) is 10.6 Å². The fourth-order valence-electron chi connectivity index (χ4n) is 2.46. The molecule has 1 aliphatic heterocycles. The van der Waals surface area contributed by atoms with Gasteiger partial charge in [0.1, 0.15) is 5.82 Å². The van der Waals surface area contributed by atoms with Gasteiger partial charge < -0.3 is 5.73 Å². The van der Waals surface area contributed by atoms with Crippen molar-refractivity contribution in [2.24, 2.45) is 5.73 Å². The Morgan fingerprint density at radius 2 is 1.89 bits per heavy atom. The van der Waals surface area contributed by atoms with Crippen molar-refractivity contribution in [1.82, 2.24) is 4.90 Å². The summed E-state index contributed by atoms with van der Waals surface area (Å²) in [7, 11) is 0. The number of hydrogen-bond donors (Lipinski definition) is 1. The van der Waals surface area contributed by atoms with Gasteiger partial charge in [0.2, 0.25) is 0 Å². The van der Waals surface area contributed by atoms with E-state index in [2.05, 4.69) is 11.2 Å². The van der Waals surface area contributed by atoms with E-state index in [1.165, 1.54) is 17.7 Å². The quantitative estimate of drug-likeness (QED) is 0.909. The van der Waals surface area contributed by atoms with Crippen LogP contribution in [-0.4, -0.2) is 35.5 Å². The highest BCUT2D eigenvalue weighted by molar-refractivity contribution is 8.00. The van der Waals surface area contributed by atoms with Gasteiger partial charge in [-0.05, 0) is 49.9 Å². The third-order valence-electron chi connectivity index (χ3n) is 3.89. The fraction of sp³-hybridized carbons (Fsp3) is 0.571. The van der Waals surface area contributed by atoms with Gasteiger partial charge in [-0.1, -0.05) is 12.1 Å². The van der Waals surface area contributed by atoms with Crippen molar-refractivity contribution in [2.45, 2.75) is 24.1 Å². The second kappa shape index (κ2) is 6.04. The van der Waals surface area contributed by atoms with Gasteiger partial charge in [0.25, 0.3) is 0 Å². The van der Waals surface area contributed by atoms with E-state index >= 15 is 0 Å². The van der Waals surface area contributed by atoms with Gasteiger partial charge >= 0.3 is 0 Å². The molecule has 18 heavy (non-hydrogen) atoms. The number of nitrogens with zero attached hydrogens (tertiary/aromatic N) is 1. The standard InChI is InChI=1S/C14H21FN2S/c1-18-14(11-16)6-8-17(9-7-14)10-12-2-4-13(15)5-3-12/h2-5H,6-11,16H2,1H3. The van der Waals surface area contributed by atoms with E-state index in [0.717, 1.165) is 39.0 Å². The number of likely N-dealkylation sites (tertiary alicyclic amines) is 1. The molecule has 0 saturated carbocycles. The number of nitrogens with two attached hydrogens (primary N) is 1. The van der Waals surface area contributed by atoms with Gasteiger partial charge in [-0.3, -0.25) is 4.90 Å². The highest BCUT2D eigenvalue weighted by atomic mass is 32.2. The molecular weight excluding hydrogens is 247 g/mol. The number of halogens is 1. The highest BCUT2D eigenvalue weighted by Gasteiger charge is 2.32. The first-order valence-corrected chi connectivity index (χ1v) is 7.62. The minimum atomic E-state index is -0.165. The summed E-state index contributed by atoms with van der Waals surface area (Å²) in [5.74, 6) is -0.165. The Kier molecular flexibility index (Phi) is 4.65. The van der Waals surface area contributed by atoms with E-state index < -0.39 is 0 Å². The predicted molar refractivity (Wildman–Crippen MR) is 76.2 cm³/mol. The topological polar surface area (TPSA) is 29.3 Å². The van der Waals surface area contributed by atoms with Crippen molar-refractivity contribution in [3.8, 4) is 0 Å². The molecule has 2 N–H and O–H groups in total. The van der Waals surface area contributed by atoms with E-state index in [0.29, 0.717) is 0 Å². The molecule has 1 fully saturated rings. The number of rotatable bonds is 4. The molecule has 0 aromatic heterocycles. The molecule has 0 atom stereocenters. The first-order valence-electron chi connectivity index (χ1n) is 6.39. The average Bonchev–Trinajstić information content (AvgIpc) is 2.43. The minimum absolute atomic E-state index is 0.165. The van der Waals surface area contributed by atoms with Crippen molar-refractivity contribution in [3.05, 3.63) is 35.6 Å². The van der Waals surface area contributed by atoms with Crippen LogP contribution >= 0.6 is 11.8 Å². The zero-order chi connectivity index (χ0) is 13.0. The normalized spacial score (nSPS) is 19.9. The summed E-state index contributed by atoms with van der Waals surface area (Å²) < 4.78 is 13.1. The highest BCUT2D eigenvalue weighted by Crippen LogP contribution is 2.33. The molecule has 1 aromatic rings. The smallest absolute Gasteiger partial charge is 0.123 e. The Bertz CT molecular complexity index is 366. The Labute approximate surface area is 113 Å². The second-order valence-electron chi connectivity index (χ2n) is 4.99. The Morgan fingerprint density at radius 1 is 1.28 bits per heavy atom. The summed E-state index contributed by atoms with van der Waals surface area (Å²) >= 11 is 1.90. The molecule has 2 nitrogen and oxygen atoms in total. The van der Waals surface area contributed by atoms with E-state index in [4.69, 9.17) is 5.73 Å². The molecule has 1 aliphatic rings. The maximum Gasteiger partial charge on any atom is 0.123 e. The molecule has 100 valence electrons. The molecule has 0 spiro atoms. The summed E-state index contributed by atoms with van der Waals surface area (Å²) in [6, 6.07) is 6.81. The molecule has 0 unspecified atom stereocenters. The number of hydrogen-bond acceptors (Lipinski definition) is 3. The minimum Gasteiger partial charge on any atom is -0.329 e. The van der Waals surface area contributed by atoms with Gasteiger partial charge in [-0.2, -0.15) is 11.8 Å². The molecule has 0 aliphatic carbocycles. The van der Waals surface area contributed by atoms with Crippen LogP contribution in [0.5, 0.6) is 0 Å². The second-order valence-corrected chi connectivity index (χ2v) is 6.27. The molecular formula is C14H21FN2S. The number of benzene rings is 1. The molecule has 4 heteroatoms. The van der Waals surface area contributed by atoms with E-state index in [1.807, 2.05) is 23.9 Å². The SMILES string of the molecule is CSC1(CN)CCN(Cc2ccc(F)cc2)CC1. The van der Waals surface area contributed by atoms with Gasteiger partial charge in [0, 0.05) is 17.8 Å². The number of piperidine rings is 1. The molecule has 0 radical (unpaired) electrons. The number of thioether (sulfide) groups is 1. The van der Waals surface area contributed by atoms with Crippen molar-refractivity contribution >= 4 is 11.8 Å². The summed E-state index contributed by atoms with van der Waals surface area (Å²) in [6.07, 6.45) is 4.44. The van der Waals surface area contributed by atoms with Crippen molar-refractivity contribution in [2.75, 3.05) is 25.9 Å². The van der Waals surface area contributed by atoms with Crippen molar-refractivity contribution in [3.63, 3.8) is 0 Å².